The van der Waals surface area contributed by atoms with Crippen molar-refractivity contribution in [2.75, 3.05) is 11.4 Å². The van der Waals surface area contributed by atoms with Crippen molar-refractivity contribution < 1.29 is 18.0 Å². The van der Waals surface area contributed by atoms with E-state index < -0.39 is 27.9 Å². The van der Waals surface area contributed by atoms with E-state index in [1.165, 1.54) is 30.3 Å². The van der Waals surface area contributed by atoms with E-state index in [0.29, 0.717) is 10.7 Å². The zero-order valence-electron chi connectivity index (χ0n) is 14.3. The van der Waals surface area contributed by atoms with Crippen molar-refractivity contribution in [3.05, 3.63) is 72.3 Å². The standard InChI is InChI=1S/C19H17ClN2O4S/c1-2-12-21(27(25,26)16-10-8-14(20)9-11-16)17-13-18(23)22(19(17)24)15-6-4-3-5-7-15/h2-11,17H,1,12-13H2. The molecule has 1 fully saturated rings. The summed E-state index contributed by atoms with van der Waals surface area (Å²) in [6, 6.07) is 12.9. The monoisotopic (exact) mass is 404 g/mol. The van der Waals surface area contributed by atoms with E-state index in [4.69, 9.17) is 11.6 Å². The molecule has 1 aliphatic rings. The molecule has 6 nitrogen and oxygen atoms in total. The van der Waals surface area contributed by atoms with Gasteiger partial charge in [-0.2, -0.15) is 4.31 Å². The maximum atomic E-state index is 13.1. The van der Waals surface area contributed by atoms with Crippen LogP contribution in [0.3, 0.4) is 0 Å². The van der Waals surface area contributed by atoms with E-state index in [2.05, 4.69) is 6.58 Å². The first-order valence-corrected chi connectivity index (χ1v) is 9.98. The SMILES string of the molecule is C=CCN(C1CC(=O)N(c2ccccc2)C1=O)S(=O)(=O)c1ccc(Cl)cc1. The molecular formula is C19H17ClN2O4S. The molecule has 0 aliphatic carbocycles. The van der Waals surface area contributed by atoms with Gasteiger partial charge in [0.1, 0.15) is 6.04 Å². The lowest BCUT2D eigenvalue weighted by Crippen LogP contribution is -2.45. The van der Waals surface area contributed by atoms with Crippen molar-refractivity contribution in [2.24, 2.45) is 0 Å². The summed E-state index contributed by atoms with van der Waals surface area (Å²) in [5.74, 6) is -1.03. The number of amides is 2. The van der Waals surface area contributed by atoms with E-state index >= 15 is 0 Å². The number of sulfonamides is 1. The topological polar surface area (TPSA) is 74.8 Å². The number of hydrogen-bond acceptors (Lipinski definition) is 4. The predicted octanol–water partition coefficient (Wildman–Crippen LogP) is 2.85. The second-order valence-corrected chi connectivity index (χ2v) is 8.27. The van der Waals surface area contributed by atoms with Gasteiger partial charge >= 0.3 is 0 Å². The third kappa shape index (κ3) is 3.66. The van der Waals surface area contributed by atoms with Gasteiger partial charge in [-0.05, 0) is 36.4 Å². The smallest absolute Gasteiger partial charge is 0.252 e. The average Bonchev–Trinajstić information content (AvgIpc) is 2.94. The van der Waals surface area contributed by atoms with E-state index in [1.54, 1.807) is 30.3 Å². The molecule has 2 amide bonds. The maximum Gasteiger partial charge on any atom is 0.252 e. The van der Waals surface area contributed by atoms with Crippen molar-refractivity contribution in [3.8, 4) is 0 Å². The number of nitrogens with zero attached hydrogens (tertiary/aromatic N) is 2. The summed E-state index contributed by atoms with van der Waals surface area (Å²) in [5, 5.41) is 0.395. The Morgan fingerprint density at radius 1 is 1.11 bits per heavy atom. The van der Waals surface area contributed by atoms with Gasteiger partial charge in [-0.25, -0.2) is 13.3 Å². The molecule has 1 aliphatic heterocycles. The van der Waals surface area contributed by atoms with E-state index in [0.717, 1.165) is 9.21 Å². The van der Waals surface area contributed by atoms with Crippen LogP contribution in [0.5, 0.6) is 0 Å². The highest BCUT2D eigenvalue weighted by Gasteiger charge is 2.46. The zero-order chi connectivity index (χ0) is 19.6. The van der Waals surface area contributed by atoms with Crippen LogP contribution < -0.4 is 4.90 Å². The fourth-order valence-corrected chi connectivity index (χ4v) is 4.63. The average molecular weight is 405 g/mol. The Bertz CT molecular complexity index is 975. The Hall–Kier alpha value is -2.48. The highest BCUT2D eigenvalue weighted by Crippen LogP contribution is 2.29. The molecule has 1 heterocycles. The summed E-state index contributed by atoms with van der Waals surface area (Å²) >= 11 is 5.83. The van der Waals surface area contributed by atoms with Crippen molar-refractivity contribution >= 4 is 39.1 Å². The van der Waals surface area contributed by atoms with Crippen molar-refractivity contribution in [3.63, 3.8) is 0 Å². The number of carbonyl (C=O) groups excluding carboxylic acids is 2. The van der Waals surface area contributed by atoms with Crippen LogP contribution in [0.15, 0.2) is 72.1 Å². The van der Waals surface area contributed by atoms with Gasteiger partial charge in [0.2, 0.25) is 15.9 Å². The molecule has 27 heavy (non-hydrogen) atoms. The summed E-state index contributed by atoms with van der Waals surface area (Å²) in [6.07, 6.45) is 1.16. The third-order valence-electron chi connectivity index (χ3n) is 4.21. The quantitative estimate of drug-likeness (QED) is 0.548. The summed E-state index contributed by atoms with van der Waals surface area (Å²) in [4.78, 5) is 26.4. The zero-order valence-corrected chi connectivity index (χ0v) is 15.9. The molecule has 140 valence electrons. The lowest BCUT2D eigenvalue weighted by Gasteiger charge is -2.25. The molecule has 2 aromatic rings. The molecule has 2 aromatic carbocycles. The number of halogens is 1. The minimum atomic E-state index is -4.02. The second kappa shape index (κ2) is 7.64. The highest BCUT2D eigenvalue weighted by molar-refractivity contribution is 7.89. The number of benzene rings is 2. The number of carbonyl (C=O) groups is 2. The number of rotatable bonds is 6. The van der Waals surface area contributed by atoms with Gasteiger partial charge in [0.25, 0.3) is 5.91 Å². The van der Waals surface area contributed by atoms with Crippen molar-refractivity contribution in [2.45, 2.75) is 17.4 Å². The number of para-hydroxylation sites is 1. The fraction of sp³-hybridized carbons (Fsp3) is 0.158. The van der Waals surface area contributed by atoms with Crippen LogP contribution in [0.25, 0.3) is 0 Å². The minimum Gasteiger partial charge on any atom is -0.274 e. The molecule has 0 saturated carbocycles. The summed E-state index contributed by atoms with van der Waals surface area (Å²) in [5.41, 5.74) is 0.414. The van der Waals surface area contributed by atoms with Gasteiger partial charge < -0.3 is 0 Å². The molecule has 0 N–H and O–H groups in total. The molecular weight excluding hydrogens is 388 g/mol. The third-order valence-corrected chi connectivity index (χ3v) is 6.35. The van der Waals surface area contributed by atoms with Crippen LogP contribution in [-0.4, -0.2) is 37.1 Å². The predicted molar refractivity (Wildman–Crippen MR) is 103 cm³/mol. The number of hydrogen-bond donors (Lipinski definition) is 0. The van der Waals surface area contributed by atoms with Crippen molar-refractivity contribution in [1.82, 2.24) is 4.31 Å². The molecule has 1 unspecified atom stereocenters. The van der Waals surface area contributed by atoms with Gasteiger partial charge in [0.05, 0.1) is 17.0 Å². The highest BCUT2D eigenvalue weighted by atomic mass is 35.5. The van der Waals surface area contributed by atoms with Crippen molar-refractivity contribution in [1.29, 1.82) is 0 Å². The molecule has 0 spiro atoms. The Balaban J connectivity index is 1.98. The Morgan fingerprint density at radius 3 is 2.33 bits per heavy atom. The Kier molecular flexibility index (Phi) is 5.46. The van der Waals surface area contributed by atoms with E-state index in [1.807, 2.05) is 0 Å². The van der Waals surface area contributed by atoms with Gasteiger partial charge in [0.15, 0.2) is 0 Å². The molecule has 1 saturated heterocycles. The lowest BCUT2D eigenvalue weighted by molar-refractivity contribution is -0.122. The fourth-order valence-electron chi connectivity index (χ4n) is 2.95. The van der Waals surface area contributed by atoms with Gasteiger partial charge in [-0.15, -0.1) is 6.58 Å². The van der Waals surface area contributed by atoms with Crippen LogP contribution in [0, 0.1) is 0 Å². The molecule has 3 rings (SSSR count). The first kappa shape index (κ1) is 19.3. The second-order valence-electron chi connectivity index (χ2n) is 5.94. The summed E-state index contributed by atoms with van der Waals surface area (Å²) in [7, 11) is -4.02. The van der Waals surface area contributed by atoms with Gasteiger partial charge in [0, 0.05) is 11.6 Å². The molecule has 0 aromatic heterocycles. The van der Waals surface area contributed by atoms with Crippen LogP contribution in [0.1, 0.15) is 6.42 Å². The van der Waals surface area contributed by atoms with Crippen LogP contribution in [0.2, 0.25) is 5.02 Å². The first-order chi connectivity index (χ1) is 12.9. The van der Waals surface area contributed by atoms with Crippen LogP contribution >= 0.6 is 11.6 Å². The van der Waals surface area contributed by atoms with E-state index in [-0.39, 0.29) is 17.9 Å². The normalized spacial score (nSPS) is 17.6. The largest absolute Gasteiger partial charge is 0.274 e. The summed E-state index contributed by atoms with van der Waals surface area (Å²) < 4.78 is 27.1. The molecule has 0 radical (unpaired) electrons. The molecule has 0 bridgehead atoms. The van der Waals surface area contributed by atoms with Crippen LogP contribution in [-0.2, 0) is 19.6 Å². The Labute approximate surface area is 162 Å². The maximum absolute atomic E-state index is 13.1. The molecule has 1 atom stereocenters. The van der Waals surface area contributed by atoms with Crippen LogP contribution in [0.4, 0.5) is 5.69 Å². The number of imide groups is 1. The summed E-state index contributed by atoms with van der Waals surface area (Å²) in [6.45, 7) is 3.48. The van der Waals surface area contributed by atoms with E-state index in [9.17, 15) is 18.0 Å². The molecule has 8 heteroatoms. The lowest BCUT2D eigenvalue weighted by atomic mass is 10.2. The Morgan fingerprint density at radius 2 is 1.74 bits per heavy atom. The van der Waals surface area contributed by atoms with Gasteiger partial charge in [-0.3, -0.25) is 9.59 Å². The first-order valence-electron chi connectivity index (χ1n) is 8.16. The minimum absolute atomic E-state index is 0.00726. The number of anilines is 1. The van der Waals surface area contributed by atoms with Gasteiger partial charge in [-0.1, -0.05) is 35.9 Å².